The summed E-state index contributed by atoms with van der Waals surface area (Å²) in [5, 5.41) is 9.51. The minimum absolute atomic E-state index is 0.0292. The Bertz CT molecular complexity index is 3050. The number of halogens is 2. The summed E-state index contributed by atoms with van der Waals surface area (Å²) >= 11 is 0. The maximum absolute atomic E-state index is 14.8. The van der Waals surface area contributed by atoms with E-state index < -0.39 is 5.97 Å². The minimum atomic E-state index is -0.694. The lowest BCUT2D eigenvalue weighted by atomic mass is 9.84. The van der Waals surface area contributed by atoms with Gasteiger partial charge in [0.05, 0.1) is 18.4 Å². The summed E-state index contributed by atoms with van der Waals surface area (Å²) in [5.74, 6) is 0.124. The van der Waals surface area contributed by atoms with Crippen molar-refractivity contribution >= 4 is 11.9 Å². The molecule has 6 aromatic rings. The van der Waals surface area contributed by atoms with Crippen LogP contribution in [-0.4, -0.2) is 23.7 Å². The molecule has 0 saturated heterocycles. The van der Waals surface area contributed by atoms with Crippen molar-refractivity contribution in [3.63, 3.8) is 0 Å². The van der Waals surface area contributed by atoms with Gasteiger partial charge in [0.15, 0.2) is 0 Å². The van der Waals surface area contributed by atoms with E-state index in [0.717, 1.165) is 113 Å². The van der Waals surface area contributed by atoms with Gasteiger partial charge in [0, 0.05) is 22.0 Å². The van der Waals surface area contributed by atoms with Crippen LogP contribution in [-0.2, 0) is 64.1 Å². The number of rotatable bonds is 13. The third-order valence-electron chi connectivity index (χ3n) is 15.4. The van der Waals surface area contributed by atoms with E-state index >= 15 is 0 Å². The number of carboxylic acids is 1. The number of hydrogen-bond acceptors (Lipinski definition) is 5. The Labute approximate surface area is 425 Å². The number of carboxylic acid groups (broad SMARTS) is 1. The van der Waals surface area contributed by atoms with E-state index in [-0.39, 0.29) is 51.1 Å². The van der Waals surface area contributed by atoms with Crippen LogP contribution in [0.4, 0.5) is 8.78 Å². The number of ether oxygens (including phenoxy) is 3. The van der Waals surface area contributed by atoms with Crippen LogP contribution in [0.2, 0.25) is 0 Å². The highest BCUT2D eigenvalue weighted by atomic mass is 19.1. The molecule has 10 rings (SSSR count). The van der Waals surface area contributed by atoms with Gasteiger partial charge >= 0.3 is 11.9 Å². The molecule has 376 valence electrons. The third-order valence-corrected chi connectivity index (χ3v) is 15.4. The van der Waals surface area contributed by atoms with Gasteiger partial charge in [-0.15, -0.1) is 0 Å². The molecular formula is C64H70F2O6. The Morgan fingerprint density at radius 3 is 1.44 bits per heavy atom. The first-order valence-corrected chi connectivity index (χ1v) is 25.8. The molecule has 0 radical (unpaired) electrons. The van der Waals surface area contributed by atoms with Crippen molar-refractivity contribution in [3.05, 3.63) is 176 Å². The Kier molecular flexibility index (Phi) is 13.8. The fourth-order valence-electron chi connectivity index (χ4n) is 11.7. The summed E-state index contributed by atoms with van der Waals surface area (Å²) in [4.78, 5) is 24.0. The average Bonchev–Trinajstić information content (AvgIpc) is 4.17. The summed E-state index contributed by atoms with van der Waals surface area (Å²) in [5.41, 5.74) is 14.4. The van der Waals surface area contributed by atoms with Crippen molar-refractivity contribution in [3.8, 4) is 33.8 Å². The average molecular weight is 973 g/mol. The normalized spacial score (nSPS) is 20.4. The quantitative estimate of drug-likeness (QED) is 0.116. The van der Waals surface area contributed by atoms with Crippen LogP contribution in [0, 0.1) is 48.1 Å². The number of hydrogen-bond donors (Lipinski definition) is 1. The number of fused-ring (bicyclic) bond motifs is 4. The monoisotopic (exact) mass is 973 g/mol. The summed E-state index contributed by atoms with van der Waals surface area (Å²) < 4.78 is 47.3. The molecule has 4 aliphatic rings. The van der Waals surface area contributed by atoms with Crippen LogP contribution in [0.25, 0.3) is 22.3 Å². The molecule has 8 heteroatoms. The van der Waals surface area contributed by atoms with Crippen LogP contribution >= 0.6 is 0 Å². The van der Waals surface area contributed by atoms with Gasteiger partial charge in [-0.25, -0.2) is 8.78 Å². The largest absolute Gasteiger partial charge is 0.489 e. The number of carbonyl (C=O) groups is 2. The zero-order valence-electron chi connectivity index (χ0n) is 43.6. The Morgan fingerprint density at radius 1 is 0.583 bits per heavy atom. The number of aliphatic carboxylic acids is 1. The van der Waals surface area contributed by atoms with Gasteiger partial charge < -0.3 is 19.3 Å². The molecule has 72 heavy (non-hydrogen) atoms. The summed E-state index contributed by atoms with van der Waals surface area (Å²) in [7, 11) is 0. The second-order valence-corrected chi connectivity index (χ2v) is 23.6. The smallest absolute Gasteiger partial charge is 0.309 e. The first-order chi connectivity index (χ1) is 34.1. The molecule has 2 fully saturated rings. The lowest BCUT2D eigenvalue weighted by Crippen LogP contribution is -2.15. The molecule has 4 aliphatic carbocycles. The van der Waals surface area contributed by atoms with Gasteiger partial charge in [-0.3, -0.25) is 9.59 Å². The highest BCUT2D eigenvalue weighted by Gasteiger charge is 2.63. The number of benzene rings is 6. The zero-order valence-corrected chi connectivity index (χ0v) is 43.6. The second-order valence-electron chi connectivity index (χ2n) is 23.6. The maximum Gasteiger partial charge on any atom is 0.309 e. The highest BCUT2D eigenvalue weighted by Crippen LogP contribution is 2.63. The SMILES string of the molecule is CCOC(=O)[C@@H]1C[C@]12CCc1ccc(OCc3ccc(-c4cc(C)ccc4F)c(CC(C)(C)C)c3)cc12.Cc1ccc(F)c(-c2ccc(COc3ccc4c(c3)[C@]3(CC4)C[C@H]3C(=O)O)cc2CC(C)(C)C)c1. The molecule has 0 amide bonds. The van der Waals surface area contributed by atoms with Gasteiger partial charge in [-0.05, 0) is 187 Å². The number of aryl methyl sites for hydroxylation is 4. The van der Waals surface area contributed by atoms with Gasteiger partial charge in [0.2, 0.25) is 0 Å². The fourth-order valence-corrected chi connectivity index (χ4v) is 11.7. The Morgan fingerprint density at radius 2 is 1.03 bits per heavy atom. The van der Waals surface area contributed by atoms with Crippen molar-refractivity contribution in [2.45, 2.75) is 138 Å². The molecular weight excluding hydrogens is 903 g/mol. The molecule has 4 atom stereocenters. The van der Waals surface area contributed by atoms with Gasteiger partial charge in [-0.2, -0.15) is 0 Å². The predicted molar refractivity (Wildman–Crippen MR) is 281 cm³/mol. The lowest BCUT2D eigenvalue weighted by Gasteiger charge is -2.22. The first-order valence-electron chi connectivity index (χ1n) is 25.8. The van der Waals surface area contributed by atoms with Crippen LogP contribution < -0.4 is 9.47 Å². The number of esters is 1. The lowest BCUT2D eigenvalue weighted by molar-refractivity contribution is -0.145. The molecule has 2 saturated carbocycles. The van der Waals surface area contributed by atoms with E-state index in [2.05, 4.69) is 77.9 Å². The van der Waals surface area contributed by atoms with E-state index in [1.54, 1.807) is 12.1 Å². The van der Waals surface area contributed by atoms with Crippen LogP contribution in [0.3, 0.4) is 0 Å². The van der Waals surface area contributed by atoms with Crippen molar-refractivity contribution < 1.29 is 37.7 Å². The van der Waals surface area contributed by atoms with E-state index in [0.29, 0.717) is 30.9 Å². The molecule has 0 bridgehead atoms. The molecule has 0 heterocycles. The van der Waals surface area contributed by atoms with Crippen molar-refractivity contribution in [2.24, 2.45) is 22.7 Å². The van der Waals surface area contributed by atoms with E-state index in [4.69, 9.17) is 14.2 Å². The van der Waals surface area contributed by atoms with Gasteiger partial charge in [0.25, 0.3) is 0 Å². The standard InChI is InChI=1S/C33H37FO3.C31H33FO3/c1-6-36-31(35)29-19-33(29)14-13-23-9-10-25(17-28(23)33)37-20-22-8-11-26(24(16-22)18-32(3,4)5)27-15-21(2)7-12-30(27)34;1-19-5-10-28(32)25(13-19)24-9-6-20(14-22(24)16-30(2,3)4)18-35-23-8-7-21-11-12-31(26(21)15-23)17-27(31)29(33)34/h7-12,15-17,29H,6,13-14,18-20H2,1-5H3;5-10,13-15,27H,11-12,16-18H2,1-4H3,(H,33,34)/t29-,33-;27-,31-/m00/s1. The van der Waals surface area contributed by atoms with Gasteiger partial charge in [-0.1, -0.05) is 113 Å². The third kappa shape index (κ3) is 10.7. The van der Waals surface area contributed by atoms with E-state index in [1.165, 1.54) is 22.8 Å². The Hall–Kier alpha value is -6.28. The molecule has 6 nitrogen and oxygen atoms in total. The van der Waals surface area contributed by atoms with Crippen LogP contribution in [0.1, 0.15) is 130 Å². The highest BCUT2D eigenvalue weighted by molar-refractivity contribution is 5.80. The summed E-state index contributed by atoms with van der Waals surface area (Å²) in [6, 6.07) is 35.4. The topological polar surface area (TPSA) is 82.1 Å². The summed E-state index contributed by atoms with van der Waals surface area (Å²) in [6.45, 7) is 20.3. The molecule has 0 unspecified atom stereocenters. The van der Waals surface area contributed by atoms with E-state index in [1.807, 2.05) is 75.4 Å². The minimum Gasteiger partial charge on any atom is -0.489 e. The fraction of sp³-hybridized carbons (Fsp3) is 0.406. The maximum atomic E-state index is 14.8. The zero-order chi connectivity index (χ0) is 51.3. The van der Waals surface area contributed by atoms with Crippen molar-refractivity contribution in [1.29, 1.82) is 0 Å². The second kappa shape index (κ2) is 19.6. The van der Waals surface area contributed by atoms with Crippen molar-refractivity contribution in [2.75, 3.05) is 6.61 Å². The first kappa shape index (κ1) is 50.7. The number of carbonyl (C=O) groups excluding carboxylic acids is 1. The summed E-state index contributed by atoms with van der Waals surface area (Å²) in [6.07, 6.45) is 7.10. The van der Waals surface area contributed by atoms with Crippen LogP contribution in [0.5, 0.6) is 11.5 Å². The molecule has 1 N–H and O–H groups in total. The predicted octanol–water partition coefficient (Wildman–Crippen LogP) is 15.0. The Balaban J connectivity index is 0.000000178. The molecule has 2 spiro atoms. The van der Waals surface area contributed by atoms with Crippen molar-refractivity contribution in [1.82, 2.24) is 0 Å². The van der Waals surface area contributed by atoms with E-state index in [9.17, 15) is 23.5 Å². The van der Waals surface area contributed by atoms with Gasteiger partial charge in [0.1, 0.15) is 36.3 Å². The molecule has 6 aromatic carbocycles. The van der Waals surface area contributed by atoms with Crippen LogP contribution in [0.15, 0.2) is 109 Å². The molecule has 0 aliphatic heterocycles. The molecule has 0 aromatic heterocycles.